The van der Waals surface area contributed by atoms with Crippen molar-refractivity contribution < 1.29 is 19.1 Å². The van der Waals surface area contributed by atoms with Gasteiger partial charge in [0.2, 0.25) is 0 Å². The Labute approximate surface area is 77.8 Å². The molecule has 0 aromatic carbocycles. The van der Waals surface area contributed by atoms with E-state index in [1.54, 1.807) is 0 Å². The van der Waals surface area contributed by atoms with Crippen LogP contribution >= 0.6 is 0 Å². The van der Waals surface area contributed by atoms with Crippen LogP contribution in [0.3, 0.4) is 0 Å². The standard InChI is InChI=1S/C7H12O4.2H3N/c1-6(8)10-4-3-5-11-7(2)9;;/h3-5H2,1-2H3;2*1H3/p+2. The van der Waals surface area contributed by atoms with E-state index < -0.39 is 0 Å². The third kappa shape index (κ3) is 18.1. The summed E-state index contributed by atoms with van der Waals surface area (Å²) in [5.41, 5.74) is 0. The second kappa shape index (κ2) is 10.9. The minimum atomic E-state index is -0.312. The molecule has 0 unspecified atom stereocenters. The fraction of sp³-hybridized carbons (Fsp3) is 0.714. The second-order valence-corrected chi connectivity index (χ2v) is 2.03. The first-order chi connectivity index (χ1) is 5.13. The van der Waals surface area contributed by atoms with Crippen LogP contribution in [0.15, 0.2) is 0 Å². The van der Waals surface area contributed by atoms with Crippen molar-refractivity contribution in [2.75, 3.05) is 13.2 Å². The van der Waals surface area contributed by atoms with Crippen molar-refractivity contribution in [1.29, 1.82) is 0 Å². The summed E-state index contributed by atoms with van der Waals surface area (Å²) in [5.74, 6) is -0.624. The molecule has 0 rings (SSSR count). The summed E-state index contributed by atoms with van der Waals surface area (Å²) < 4.78 is 9.19. The van der Waals surface area contributed by atoms with E-state index in [2.05, 4.69) is 9.47 Å². The molecule has 8 N–H and O–H groups in total. The lowest BCUT2D eigenvalue weighted by Gasteiger charge is -2.01. The van der Waals surface area contributed by atoms with E-state index >= 15 is 0 Å². The maximum absolute atomic E-state index is 10.2. The molecule has 0 saturated heterocycles. The largest absolute Gasteiger partial charge is 0.466 e. The van der Waals surface area contributed by atoms with Crippen LogP contribution in [0.4, 0.5) is 0 Å². The molecule has 0 aliphatic rings. The minimum Gasteiger partial charge on any atom is -0.466 e. The third-order valence-corrected chi connectivity index (χ3v) is 0.899. The number of rotatable bonds is 4. The van der Waals surface area contributed by atoms with E-state index in [9.17, 15) is 9.59 Å². The van der Waals surface area contributed by atoms with E-state index in [0.717, 1.165) is 0 Å². The summed E-state index contributed by atoms with van der Waals surface area (Å²) in [7, 11) is 0. The Hall–Kier alpha value is -1.14. The van der Waals surface area contributed by atoms with E-state index in [1.807, 2.05) is 0 Å². The molecule has 0 atom stereocenters. The molecule has 0 saturated carbocycles. The Balaban J connectivity index is -0.000000500. The normalized spacial score (nSPS) is 7.54. The van der Waals surface area contributed by atoms with Gasteiger partial charge in [-0.25, -0.2) is 0 Å². The predicted octanol–water partition coefficient (Wildman–Crippen LogP) is 1.26. The lowest BCUT2D eigenvalue weighted by Crippen LogP contribution is -2.06. The van der Waals surface area contributed by atoms with Crippen LogP contribution < -0.4 is 12.3 Å². The van der Waals surface area contributed by atoms with Gasteiger partial charge in [0.05, 0.1) is 13.2 Å². The van der Waals surface area contributed by atoms with Crippen molar-refractivity contribution in [3.05, 3.63) is 0 Å². The van der Waals surface area contributed by atoms with Crippen molar-refractivity contribution in [3.8, 4) is 0 Å². The van der Waals surface area contributed by atoms with Crippen LogP contribution in [0.25, 0.3) is 0 Å². The summed E-state index contributed by atoms with van der Waals surface area (Å²) in [6.07, 6.45) is 0.555. The first kappa shape index (κ1) is 17.8. The highest BCUT2D eigenvalue weighted by Crippen LogP contribution is 1.85. The van der Waals surface area contributed by atoms with Crippen LogP contribution in [0, 0.1) is 0 Å². The molecule has 0 bridgehead atoms. The average Bonchev–Trinajstić information content (AvgIpc) is 1.85. The van der Waals surface area contributed by atoms with Gasteiger partial charge >= 0.3 is 11.9 Å². The molecule has 80 valence electrons. The Morgan fingerprint density at radius 3 is 1.46 bits per heavy atom. The van der Waals surface area contributed by atoms with Crippen LogP contribution in [-0.2, 0) is 19.1 Å². The molecule has 0 fully saturated rings. The van der Waals surface area contributed by atoms with E-state index in [0.29, 0.717) is 19.6 Å². The van der Waals surface area contributed by atoms with Crippen molar-refractivity contribution >= 4 is 11.9 Å². The maximum Gasteiger partial charge on any atom is 0.302 e. The molecule has 0 aromatic heterocycles. The molecule has 0 aliphatic heterocycles. The summed E-state index contributed by atoms with van der Waals surface area (Å²) in [5, 5.41) is 0. The maximum atomic E-state index is 10.2. The zero-order valence-electron chi connectivity index (χ0n) is 8.75. The van der Waals surface area contributed by atoms with Crippen LogP contribution in [0.5, 0.6) is 0 Å². The Morgan fingerprint density at radius 1 is 0.923 bits per heavy atom. The molecule has 0 aromatic rings. The van der Waals surface area contributed by atoms with Crippen molar-refractivity contribution in [3.63, 3.8) is 0 Å². The van der Waals surface area contributed by atoms with E-state index in [1.165, 1.54) is 13.8 Å². The van der Waals surface area contributed by atoms with Crippen LogP contribution in [0.2, 0.25) is 0 Å². The smallest absolute Gasteiger partial charge is 0.302 e. The van der Waals surface area contributed by atoms with Gasteiger partial charge in [-0.15, -0.1) is 0 Å². The first-order valence-electron chi connectivity index (χ1n) is 3.39. The zero-order chi connectivity index (χ0) is 8.69. The van der Waals surface area contributed by atoms with E-state index in [4.69, 9.17) is 0 Å². The Morgan fingerprint density at radius 2 is 1.23 bits per heavy atom. The summed E-state index contributed by atoms with van der Waals surface area (Å²) >= 11 is 0. The fourth-order valence-corrected chi connectivity index (χ4v) is 0.491. The molecule has 0 spiro atoms. The average molecular weight is 196 g/mol. The summed E-state index contributed by atoms with van der Waals surface area (Å²) in [6, 6.07) is 0. The molecular formula is C7H20N2O4+2. The predicted molar refractivity (Wildman–Crippen MR) is 49.9 cm³/mol. The molecule has 0 radical (unpaired) electrons. The van der Waals surface area contributed by atoms with Gasteiger partial charge < -0.3 is 21.8 Å². The van der Waals surface area contributed by atoms with Gasteiger partial charge in [0.1, 0.15) is 0 Å². The van der Waals surface area contributed by atoms with Gasteiger partial charge in [0, 0.05) is 20.3 Å². The number of ether oxygens (including phenoxy) is 2. The zero-order valence-corrected chi connectivity index (χ0v) is 8.75. The van der Waals surface area contributed by atoms with Gasteiger partial charge in [-0.3, -0.25) is 9.59 Å². The van der Waals surface area contributed by atoms with Crippen LogP contribution in [0.1, 0.15) is 20.3 Å². The quantitative estimate of drug-likeness (QED) is 0.518. The number of esters is 2. The van der Waals surface area contributed by atoms with Crippen molar-refractivity contribution in [1.82, 2.24) is 12.3 Å². The van der Waals surface area contributed by atoms with Crippen molar-refractivity contribution in [2.45, 2.75) is 20.3 Å². The summed E-state index contributed by atoms with van der Waals surface area (Å²) in [4.78, 5) is 20.4. The Bertz CT molecular complexity index is 133. The lowest BCUT2D eigenvalue weighted by molar-refractivity contribution is -0.143. The lowest BCUT2D eigenvalue weighted by atomic mass is 10.5. The number of carbonyl (C=O) groups excluding carboxylic acids is 2. The molecular weight excluding hydrogens is 176 g/mol. The highest BCUT2D eigenvalue weighted by Gasteiger charge is 1.94. The molecule has 6 nitrogen and oxygen atoms in total. The molecule has 0 heterocycles. The molecule has 6 heteroatoms. The SMILES string of the molecule is CC(=O)OCCCOC(C)=O.[NH4+].[NH4+]. The van der Waals surface area contributed by atoms with E-state index in [-0.39, 0.29) is 24.2 Å². The van der Waals surface area contributed by atoms with Gasteiger partial charge in [-0.2, -0.15) is 0 Å². The highest BCUT2D eigenvalue weighted by molar-refractivity contribution is 5.66. The fourth-order valence-electron chi connectivity index (χ4n) is 0.491. The monoisotopic (exact) mass is 196 g/mol. The summed E-state index contributed by atoms with van der Waals surface area (Å²) in [6.45, 7) is 3.29. The third-order valence-electron chi connectivity index (χ3n) is 0.899. The van der Waals surface area contributed by atoms with Gasteiger partial charge in [0.25, 0.3) is 0 Å². The van der Waals surface area contributed by atoms with Gasteiger partial charge in [-0.05, 0) is 0 Å². The number of hydrogen-bond donors (Lipinski definition) is 2. The first-order valence-corrected chi connectivity index (χ1v) is 3.39. The number of carbonyl (C=O) groups is 2. The number of hydrogen-bond acceptors (Lipinski definition) is 4. The van der Waals surface area contributed by atoms with Crippen molar-refractivity contribution in [2.24, 2.45) is 0 Å². The molecule has 13 heavy (non-hydrogen) atoms. The van der Waals surface area contributed by atoms with Gasteiger partial charge in [-0.1, -0.05) is 0 Å². The minimum absolute atomic E-state index is 0. The van der Waals surface area contributed by atoms with Crippen LogP contribution in [-0.4, -0.2) is 25.2 Å². The molecule has 0 amide bonds. The van der Waals surface area contributed by atoms with Gasteiger partial charge in [0.15, 0.2) is 0 Å². The topological polar surface area (TPSA) is 126 Å². The Kier molecular flexibility index (Phi) is 14.9. The number of quaternary nitrogens is 2. The highest BCUT2D eigenvalue weighted by atomic mass is 16.5. The second-order valence-electron chi connectivity index (χ2n) is 2.03. The molecule has 0 aliphatic carbocycles.